The molecule has 124 valence electrons. The molecular formula is C16H17N5O3. The van der Waals surface area contributed by atoms with E-state index < -0.39 is 0 Å². The highest BCUT2D eigenvalue weighted by atomic mass is 16.5. The second-order valence-corrected chi connectivity index (χ2v) is 4.91. The minimum Gasteiger partial charge on any atom is -0.495 e. The number of hydrogen-bond donors (Lipinski definition) is 3. The van der Waals surface area contributed by atoms with Crippen LogP contribution in [0.2, 0.25) is 0 Å². The quantitative estimate of drug-likeness (QED) is 0.645. The van der Waals surface area contributed by atoms with Crippen LogP contribution in [0.15, 0.2) is 47.1 Å². The van der Waals surface area contributed by atoms with Crippen molar-refractivity contribution >= 4 is 11.7 Å². The van der Waals surface area contributed by atoms with Crippen LogP contribution in [-0.2, 0) is 6.42 Å². The molecule has 0 aliphatic carbocycles. The van der Waals surface area contributed by atoms with E-state index in [0.29, 0.717) is 41.8 Å². The highest BCUT2D eigenvalue weighted by molar-refractivity contribution is 5.90. The Morgan fingerprint density at radius 2 is 2.17 bits per heavy atom. The number of carbonyl (C=O) groups is 1. The number of amides is 2. The molecule has 1 aromatic carbocycles. The van der Waals surface area contributed by atoms with Gasteiger partial charge in [0.25, 0.3) is 0 Å². The monoisotopic (exact) mass is 327 g/mol. The first-order valence-corrected chi connectivity index (χ1v) is 7.39. The molecule has 0 fully saturated rings. The van der Waals surface area contributed by atoms with Crippen molar-refractivity contribution in [3.63, 3.8) is 0 Å². The van der Waals surface area contributed by atoms with Gasteiger partial charge in [-0.1, -0.05) is 12.1 Å². The van der Waals surface area contributed by atoms with Gasteiger partial charge < -0.3 is 19.8 Å². The Kier molecular flexibility index (Phi) is 4.76. The van der Waals surface area contributed by atoms with Gasteiger partial charge in [-0.15, -0.1) is 0 Å². The first kappa shape index (κ1) is 15.6. The third-order valence-corrected chi connectivity index (χ3v) is 3.28. The Labute approximate surface area is 138 Å². The highest BCUT2D eigenvalue weighted by Gasteiger charge is 2.09. The summed E-state index contributed by atoms with van der Waals surface area (Å²) in [6.45, 7) is 0.410. The van der Waals surface area contributed by atoms with Gasteiger partial charge in [-0.25, -0.2) is 9.78 Å². The Morgan fingerprint density at radius 3 is 2.96 bits per heavy atom. The lowest BCUT2D eigenvalue weighted by Gasteiger charge is -2.10. The van der Waals surface area contributed by atoms with E-state index in [1.165, 1.54) is 0 Å². The topological polar surface area (TPSA) is 105 Å². The summed E-state index contributed by atoms with van der Waals surface area (Å²) in [7, 11) is 1.55. The molecule has 0 unspecified atom stereocenters. The molecule has 24 heavy (non-hydrogen) atoms. The van der Waals surface area contributed by atoms with E-state index >= 15 is 0 Å². The number of nitrogens with one attached hydrogen (secondary N) is 3. The summed E-state index contributed by atoms with van der Waals surface area (Å²) in [5, 5.41) is 12.4. The fraction of sp³-hybridized carbons (Fsp3) is 0.188. The third-order valence-electron chi connectivity index (χ3n) is 3.28. The smallest absolute Gasteiger partial charge is 0.319 e. The molecule has 0 aliphatic rings. The summed E-state index contributed by atoms with van der Waals surface area (Å²) in [5.41, 5.74) is 0.609. The number of nitrogens with zero attached hydrogens (tertiary/aromatic N) is 2. The number of ether oxygens (including phenoxy) is 1. The second-order valence-electron chi connectivity index (χ2n) is 4.91. The normalized spacial score (nSPS) is 10.4. The molecule has 0 radical (unpaired) electrons. The van der Waals surface area contributed by atoms with Crippen molar-refractivity contribution in [1.29, 1.82) is 0 Å². The van der Waals surface area contributed by atoms with Gasteiger partial charge in [-0.05, 0) is 24.3 Å². The zero-order valence-electron chi connectivity index (χ0n) is 13.1. The van der Waals surface area contributed by atoms with E-state index in [1.807, 2.05) is 12.1 Å². The van der Waals surface area contributed by atoms with Crippen molar-refractivity contribution in [2.45, 2.75) is 6.42 Å². The van der Waals surface area contributed by atoms with Crippen molar-refractivity contribution in [2.24, 2.45) is 0 Å². The minimum absolute atomic E-state index is 0.315. The number of furan rings is 1. The number of H-pyrrole nitrogens is 1. The molecule has 0 spiro atoms. The van der Waals surface area contributed by atoms with Gasteiger partial charge in [0.05, 0.1) is 19.1 Å². The van der Waals surface area contributed by atoms with Crippen molar-refractivity contribution in [1.82, 2.24) is 20.5 Å². The summed E-state index contributed by atoms with van der Waals surface area (Å²) in [4.78, 5) is 16.2. The third kappa shape index (κ3) is 3.72. The fourth-order valence-corrected chi connectivity index (χ4v) is 2.13. The Morgan fingerprint density at radius 1 is 1.29 bits per heavy atom. The predicted molar refractivity (Wildman–Crippen MR) is 87.8 cm³/mol. The molecule has 0 atom stereocenters. The molecule has 2 aromatic heterocycles. The summed E-state index contributed by atoms with van der Waals surface area (Å²) >= 11 is 0. The van der Waals surface area contributed by atoms with Gasteiger partial charge in [-0.2, -0.15) is 5.10 Å². The number of methoxy groups -OCH3 is 1. The summed E-state index contributed by atoms with van der Waals surface area (Å²) in [6, 6.07) is 10.4. The number of carbonyl (C=O) groups excluding carboxylic acids is 1. The maximum absolute atomic E-state index is 11.9. The highest BCUT2D eigenvalue weighted by Crippen LogP contribution is 2.22. The van der Waals surface area contributed by atoms with E-state index in [-0.39, 0.29) is 6.03 Å². The molecule has 2 heterocycles. The molecule has 0 bridgehead atoms. The second kappa shape index (κ2) is 7.32. The van der Waals surface area contributed by atoms with Gasteiger partial charge in [-0.3, -0.25) is 5.10 Å². The minimum atomic E-state index is -0.315. The van der Waals surface area contributed by atoms with E-state index in [0.717, 1.165) is 0 Å². The number of rotatable bonds is 6. The molecule has 2 amide bonds. The number of hydrogen-bond acceptors (Lipinski definition) is 5. The number of anilines is 1. The largest absolute Gasteiger partial charge is 0.495 e. The fourth-order valence-electron chi connectivity index (χ4n) is 2.13. The van der Waals surface area contributed by atoms with Gasteiger partial charge in [0, 0.05) is 13.0 Å². The van der Waals surface area contributed by atoms with Crippen LogP contribution >= 0.6 is 0 Å². The van der Waals surface area contributed by atoms with Crippen LogP contribution in [-0.4, -0.2) is 34.9 Å². The number of benzene rings is 1. The Hall–Kier alpha value is -3.29. The Balaban J connectivity index is 1.49. The van der Waals surface area contributed by atoms with Crippen LogP contribution < -0.4 is 15.4 Å². The summed E-state index contributed by atoms with van der Waals surface area (Å²) in [6.07, 6.45) is 2.09. The lowest BCUT2D eigenvalue weighted by molar-refractivity contribution is 0.252. The van der Waals surface area contributed by atoms with Gasteiger partial charge in [0.15, 0.2) is 5.76 Å². The first-order valence-electron chi connectivity index (χ1n) is 7.39. The maximum atomic E-state index is 11.9. The van der Waals surface area contributed by atoms with E-state index in [1.54, 1.807) is 37.6 Å². The van der Waals surface area contributed by atoms with Crippen LogP contribution in [0.3, 0.4) is 0 Å². The Bertz CT molecular complexity index is 798. The average molecular weight is 327 g/mol. The van der Waals surface area contributed by atoms with Crippen LogP contribution in [0.25, 0.3) is 11.6 Å². The number of para-hydroxylation sites is 2. The van der Waals surface area contributed by atoms with Gasteiger partial charge in [0.1, 0.15) is 11.6 Å². The number of urea groups is 1. The average Bonchev–Trinajstić information content (AvgIpc) is 3.26. The van der Waals surface area contributed by atoms with Gasteiger partial charge >= 0.3 is 6.03 Å². The summed E-state index contributed by atoms with van der Waals surface area (Å²) in [5.74, 6) is 2.36. The van der Waals surface area contributed by atoms with Crippen LogP contribution in [0.4, 0.5) is 10.5 Å². The van der Waals surface area contributed by atoms with Crippen molar-refractivity contribution < 1.29 is 13.9 Å². The molecule has 8 heteroatoms. The van der Waals surface area contributed by atoms with Crippen molar-refractivity contribution in [2.75, 3.05) is 19.0 Å². The first-order chi connectivity index (χ1) is 11.8. The van der Waals surface area contributed by atoms with Crippen LogP contribution in [0.1, 0.15) is 5.82 Å². The SMILES string of the molecule is COc1ccccc1NC(=O)NCCc1nc(-c2ccco2)n[nH]1. The predicted octanol–water partition coefficient (Wildman–Crippen LogP) is 2.44. The molecule has 0 saturated carbocycles. The zero-order chi connectivity index (χ0) is 16.8. The zero-order valence-corrected chi connectivity index (χ0v) is 13.1. The van der Waals surface area contributed by atoms with Gasteiger partial charge in [0.2, 0.25) is 5.82 Å². The van der Waals surface area contributed by atoms with Crippen LogP contribution in [0.5, 0.6) is 5.75 Å². The summed E-state index contributed by atoms with van der Waals surface area (Å²) < 4.78 is 10.4. The lowest BCUT2D eigenvalue weighted by Crippen LogP contribution is -2.30. The maximum Gasteiger partial charge on any atom is 0.319 e. The van der Waals surface area contributed by atoms with Crippen LogP contribution in [0, 0.1) is 0 Å². The molecule has 3 aromatic rings. The number of aromatic nitrogens is 3. The molecule has 3 N–H and O–H groups in total. The molecule has 0 saturated heterocycles. The van der Waals surface area contributed by atoms with E-state index in [4.69, 9.17) is 9.15 Å². The molecule has 8 nitrogen and oxygen atoms in total. The van der Waals surface area contributed by atoms with E-state index in [2.05, 4.69) is 25.8 Å². The van der Waals surface area contributed by atoms with E-state index in [9.17, 15) is 4.79 Å². The van der Waals surface area contributed by atoms with Crippen molar-refractivity contribution in [3.8, 4) is 17.3 Å². The molecule has 0 aliphatic heterocycles. The standard InChI is InChI=1S/C16H17N5O3/c1-23-12-6-3-2-5-11(12)18-16(22)17-9-8-14-19-15(21-20-14)13-7-4-10-24-13/h2-7,10H,8-9H2,1H3,(H2,17,18,22)(H,19,20,21). The number of aromatic amines is 1. The molecule has 3 rings (SSSR count). The lowest BCUT2D eigenvalue weighted by atomic mass is 10.3. The molecular weight excluding hydrogens is 310 g/mol. The van der Waals surface area contributed by atoms with Crippen molar-refractivity contribution in [3.05, 3.63) is 48.5 Å².